The van der Waals surface area contributed by atoms with E-state index >= 15 is 0 Å². The highest BCUT2D eigenvalue weighted by Gasteiger charge is 2.40. The Morgan fingerprint density at radius 2 is 1.78 bits per heavy atom. The van der Waals surface area contributed by atoms with E-state index in [-0.39, 0.29) is 12.2 Å². The van der Waals surface area contributed by atoms with Crippen molar-refractivity contribution in [1.82, 2.24) is 0 Å². The van der Waals surface area contributed by atoms with E-state index < -0.39 is 17.5 Å². The Balaban J connectivity index is 1.95. The van der Waals surface area contributed by atoms with E-state index in [0.717, 1.165) is 31.4 Å². The minimum atomic E-state index is -1.43. The first-order chi connectivity index (χ1) is 8.43. The first-order valence-electron chi connectivity index (χ1n) is 6.21. The molecule has 100 valence electrons. The molecule has 18 heavy (non-hydrogen) atoms. The van der Waals surface area contributed by atoms with Gasteiger partial charge in [-0.25, -0.2) is 13.2 Å². The molecule has 1 aromatic rings. The Morgan fingerprint density at radius 1 is 1.22 bits per heavy atom. The molecular formula is C14H17F3O. The summed E-state index contributed by atoms with van der Waals surface area (Å²) in [7, 11) is 0. The molecule has 1 nitrogen and oxygen atoms in total. The molecular weight excluding hydrogens is 241 g/mol. The fourth-order valence-electron chi connectivity index (χ4n) is 2.52. The van der Waals surface area contributed by atoms with Gasteiger partial charge in [0.25, 0.3) is 0 Å². The van der Waals surface area contributed by atoms with Crippen molar-refractivity contribution in [2.45, 2.75) is 45.3 Å². The Hall–Kier alpha value is -1.03. The van der Waals surface area contributed by atoms with Crippen LogP contribution in [0.15, 0.2) is 12.1 Å². The zero-order valence-corrected chi connectivity index (χ0v) is 10.6. The van der Waals surface area contributed by atoms with E-state index in [2.05, 4.69) is 6.92 Å². The molecule has 0 aromatic heterocycles. The smallest absolute Gasteiger partial charge is 0.194 e. The van der Waals surface area contributed by atoms with Crippen molar-refractivity contribution >= 4 is 0 Å². The summed E-state index contributed by atoms with van der Waals surface area (Å²) in [6.07, 6.45) is 3.06. The molecule has 1 aliphatic rings. The summed E-state index contributed by atoms with van der Waals surface area (Å²) in [5.41, 5.74) is 0.120. The van der Waals surface area contributed by atoms with Gasteiger partial charge in [-0.3, -0.25) is 0 Å². The number of ether oxygens (including phenoxy) is 1. The fraction of sp³-hybridized carbons (Fsp3) is 0.571. The maximum absolute atomic E-state index is 13.0. The highest BCUT2D eigenvalue weighted by Crippen LogP contribution is 2.42. The van der Waals surface area contributed by atoms with Crippen LogP contribution in [0, 0.1) is 23.4 Å². The molecule has 4 heteroatoms. The molecule has 1 aliphatic carbocycles. The predicted molar refractivity (Wildman–Crippen MR) is 62.5 cm³/mol. The Labute approximate surface area is 105 Å². The van der Waals surface area contributed by atoms with Crippen LogP contribution in [0.2, 0.25) is 0 Å². The quantitative estimate of drug-likeness (QED) is 0.735. The van der Waals surface area contributed by atoms with Gasteiger partial charge in [0.1, 0.15) is 0 Å². The van der Waals surface area contributed by atoms with Crippen molar-refractivity contribution in [3.63, 3.8) is 0 Å². The zero-order chi connectivity index (χ0) is 13.3. The standard InChI is InChI=1S/C14H17F3O/c1-3-9-6-14(2,7-9)18-8-10-4-11(15)13(17)12(16)5-10/h4-5,9H,3,6-8H2,1-2H3/t9-,14+. The van der Waals surface area contributed by atoms with Gasteiger partial charge in [-0.15, -0.1) is 0 Å². The topological polar surface area (TPSA) is 9.23 Å². The molecule has 1 saturated carbocycles. The molecule has 0 aliphatic heterocycles. The SMILES string of the molecule is CC[C@H]1C[C@@](C)(OCc2cc(F)c(F)c(F)c2)C1. The van der Waals surface area contributed by atoms with E-state index in [1.54, 1.807) is 0 Å². The Morgan fingerprint density at radius 3 is 2.28 bits per heavy atom. The maximum atomic E-state index is 13.0. The lowest BCUT2D eigenvalue weighted by Crippen LogP contribution is -2.43. The molecule has 0 atom stereocenters. The normalized spacial score (nSPS) is 27.1. The molecule has 0 saturated heterocycles. The molecule has 0 unspecified atom stereocenters. The second kappa shape index (κ2) is 4.92. The van der Waals surface area contributed by atoms with Crippen LogP contribution >= 0.6 is 0 Å². The van der Waals surface area contributed by atoms with E-state index in [4.69, 9.17) is 4.74 Å². The molecule has 0 heterocycles. The fourth-order valence-corrected chi connectivity index (χ4v) is 2.52. The first-order valence-corrected chi connectivity index (χ1v) is 6.21. The molecule has 2 rings (SSSR count). The monoisotopic (exact) mass is 258 g/mol. The van der Waals surface area contributed by atoms with Crippen molar-refractivity contribution < 1.29 is 17.9 Å². The second-order valence-electron chi connectivity index (χ2n) is 5.29. The van der Waals surface area contributed by atoms with E-state index in [1.807, 2.05) is 6.92 Å². The highest BCUT2D eigenvalue weighted by atomic mass is 19.2. The van der Waals surface area contributed by atoms with Crippen molar-refractivity contribution in [2.75, 3.05) is 0 Å². The van der Waals surface area contributed by atoms with Crippen molar-refractivity contribution in [1.29, 1.82) is 0 Å². The van der Waals surface area contributed by atoms with E-state index in [9.17, 15) is 13.2 Å². The van der Waals surface area contributed by atoms with Crippen LogP contribution < -0.4 is 0 Å². The number of halogens is 3. The van der Waals surface area contributed by atoms with Crippen LogP contribution in [-0.2, 0) is 11.3 Å². The minimum absolute atomic E-state index is 0.112. The number of benzene rings is 1. The average molecular weight is 258 g/mol. The van der Waals surface area contributed by atoms with Crippen LogP contribution in [0.1, 0.15) is 38.7 Å². The summed E-state index contributed by atoms with van der Waals surface area (Å²) < 4.78 is 44.4. The molecule has 0 N–H and O–H groups in total. The summed E-state index contributed by atoms with van der Waals surface area (Å²) in [5.74, 6) is -3.09. The first kappa shape index (κ1) is 13.4. The molecule has 0 radical (unpaired) electrons. The average Bonchev–Trinajstić information content (AvgIpc) is 2.29. The summed E-state index contributed by atoms with van der Waals surface area (Å²) in [6.45, 7) is 4.24. The number of hydrogen-bond donors (Lipinski definition) is 0. The van der Waals surface area contributed by atoms with Gasteiger partial charge in [-0.1, -0.05) is 13.3 Å². The highest BCUT2D eigenvalue weighted by molar-refractivity contribution is 5.18. The lowest BCUT2D eigenvalue weighted by atomic mass is 9.71. The van der Waals surface area contributed by atoms with Gasteiger partial charge in [0.2, 0.25) is 0 Å². The lowest BCUT2D eigenvalue weighted by Gasteiger charge is -2.44. The van der Waals surface area contributed by atoms with Gasteiger partial charge in [0.15, 0.2) is 17.5 Å². The largest absolute Gasteiger partial charge is 0.371 e. The van der Waals surface area contributed by atoms with Crippen molar-refractivity contribution in [3.05, 3.63) is 35.1 Å². The maximum Gasteiger partial charge on any atom is 0.194 e. The predicted octanol–water partition coefficient (Wildman–Crippen LogP) is 4.20. The third-order valence-corrected chi connectivity index (χ3v) is 3.65. The van der Waals surface area contributed by atoms with Crippen LogP contribution in [0.3, 0.4) is 0 Å². The zero-order valence-electron chi connectivity index (χ0n) is 10.6. The Kier molecular flexibility index (Phi) is 3.66. The minimum Gasteiger partial charge on any atom is -0.371 e. The number of rotatable bonds is 4. The second-order valence-corrected chi connectivity index (χ2v) is 5.29. The van der Waals surface area contributed by atoms with E-state index in [1.165, 1.54) is 0 Å². The van der Waals surface area contributed by atoms with Gasteiger partial charge in [-0.05, 0) is 43.4 Å². The summed E-state index contributed by atoms with van der Waals surface area (Å²) in [5, 5.41) is 0. The van der Waals surface area contributed by atoms with Gasteiger partial charge in [0.05, 0.1) is 12.2 Å². The third kappa shape index (κ3) is 2.69. The van der Waals surface area contributed by atoms with E-state index in [0.29, 0.717) is 11.5 Å². The Bertz CT molecular complexity index is 416. The summed E-state index contributed by atoms with van der Waals surface area (Å²) in [4.78, 5) is 0. The van der Waals surface area contributed by atoms with Gasteiger partial charge >= 0.3 is 0 Å². The number of hydrogen-bond acceptors (Lipinski definition) is 1. The van der Waals surface area contributed by atoms with Crippen LogP contribution in [-0.4, -0.2) is 5.60 Å². The summed E-state index contributed by atoms with van der Waals surface area (Å²) in [6, 6.07) is 1.97. The lowest BCUT2D eigenvalue weighted by molar-refractivity contribution is -0.124. The van der Waals surface area contributed by atoms with Crippen molar-refractivity contribution in [2.24, 2.45) is 5.92 Å². The molecule has 0 bridgehead atoms. The molecule has 1 aromatic carbocycles. The molecule has 0 amide bonds. The molecule has 1 fully saturated rings. The van der Waals surface area contributed by atoms with Crippen LogP contribution in [0.25, 0.3) is 0 Å². The van der Waals surface area contributed by atoms with Crippen molar-refractivity contribution in [3.8, 4) is 0 Å². The third-order valence-electron chi connectivity index (χ3n) is 3.65. The van der Waals surface area contributed by atoms with Gasteiger partial charge < -0.3 is 4.74 Å². The summed E-state index contributed by atoms with van der Waals surface area (Å²) >= 11 is 0. The van der Waals surface area contributed by atoms with Crippen LogP contribution in [0.5, 0.6) is 0 Å². The molecule has 0 spiro atoms. The van der Waals surface area contributed by atoms with Gasteiger partial charge in [-0.2, -0.15) is 0 Å². The van der Waals surface area contributed by atoms with Crippen LogP contribution in [0.4, 0.5) is 13.2 Å². The van der Waals surface area contributed by atoms with Gasteiger partial charge in [0, 0.05) is 0 Å².